The number of fused-ring (bicyclic) bond motifs is 1. The van der Waals surface area contributed by atoms with Gasteiger partial charge in [0.2, 0.25) is 0 Å². The summed E-state index contributed by atoms with van der Waals surface area (Å²) in [6.45, 7) is 0. The first-order valence-corrected chi connectivity index (χ1v) is 6.64. The first-order chi connectivity index (χ1) is 9.78. The summed E-state index contributed by atoms with van der Waals surface area (Å²) >= 11 is 6.10. The van der Waals surface area contributed by atoms with Crippen LogP contribution in [-0.2, 0) is 0 Å². The summed E-state index contributed by atoms with van der Waals surface area (Å²) in [4.78, 5) is 4.33. The number of rotatable bonds is 3. The van der Waals surface area contributed by atoms with Crippen LogP contribution < -0.4 is 10.1 Å². The van der Waals surface area contributed by atoms with Gasteiger partial charge in [0.25, 0.3) is 0 Å². The highest BCUT2D eigenvalue weighted by Gasteiger charge is 2.05. The second-order valence-corrected chi connectivity index (χ2v) is 4.73. The van der Waals surface area contributed by atoms with E-state index in [0.29, 0.717) is 10.8 Å². The third-order valence-corrected chi connectivity index (χ3v) is 3.36. The molecule has 0 atom stereocenters. The standard InChI is InChI=1S/C16H13ClN2O/c1-18-14-8-9-19-15-7-6-11(10-12(14)15)20-16-5-3-2-4-13(16)17/h2-10H,1H3,(H,18,19). The molecule has 4 heteroatoms. The number of hydrogen-bond donors (Lipinski definition) is 1. The molecule has 0 amide bonds. The Morgan fingerprint density at radius 3 is 2.75 bits per heavy atom. The van der Waals surface area contributed by atoms with Crippen LogP contribution in [0.2, 0.25) is 5.02 Å². The van der Waals surface area contributed by atoms with Crippen LogP contribution in [0.15, 0.2) is 54.7 Å². The van der Waals surface area contributed by atoms with Gasteiger partial charge in [-0.15, -0.1) is 0 Å². The zero-order chi connectivity index (χ0) is 13.9. The van der Waals surface area contributed by atoms with Gasteiger partial charge < -0.3 is 10.1 Å². The van der Waals surface area contributed by atoms with Crippen LogP contribution in [0.4, 0.5) is 5.69 Å². The quantitative estimate of drug-likeness (QED) is 0.755. The summed E-state index contributed by atoms with van der Waals surface area (Å²) in [6.07, 6.45) is 1.78. The molecule has 2 aromatic carbocycles. The molecule has 3 nitrogen and oxygen atoms in total. The van der Waals surface area contributed by atoms with E-state index >= 15 is 0 Å². The Hall–Kier alpha value is -2.26. The number of halogens is 1. The number of aromatic nitrogens is 1. The van der Waals surface area contributed by atoms with E-state index in [4.69, 9.17) is 16.3 Å². The van der Waals surface area contributed by atoms with Crippen molar-refractivity contribution in [1.82, 2.24) is 4.98 Å². The van der Waals surface area contributed by atoms with Crippen LogP contribution in [-0.4, -0.2) is 12.0 Å². The lowest BCUT2D eigenvalue weighted by Crippen LogP contribution is -1.92. The SMILES string of the molecule is CNc1ccnc2ccc(Oc3ccccc3Cl)cc12. The van der Waals surface area contributed by atoms with E-state index in [2.05, 4.69) is 10.3 Å². The fraction of sp³-hybridized carbons (Fsp3) is 0.0625. The minimum absolute atomic E-state index is 0.590. The number of nitrogens with one attached hydrogen (secondary N) is 1. The fourth-order valence-electron chi connectivity index (χ4n) is 2.06. The van der Waals surface area contributed by atoms with Gasteiger partial charge in [0.05, 0.1) is 10.5 Å². The van der Waals surface area contributed by atoms with Crippen molar-refractivity contribution in [3.05, 3.63) is 59.8 Å². The number of ether oxygens (including phenoxy) is 1. The lowest BCUT2D eigenvalue weighted by atomic mass is 10.2. The molecular formula is C16H13ClN2O. The van der Waals surface area contributed by atoms with E-state index in [1.807, 2.05) is 49.5 Å². The molecule has 0 fully saturated rings. The first kappa shape index (κ1) is 12.8. The third-order valence-electron chi connectivity index (χ3n) is 3.05. The molecule has 0 aliphatic carbocycles. The maximum absolute atomic E-state index is 6.10. The molecule has 1 aromatic heterocycles. The number of hydrogen-bond acceptors (Lipinski definition) is 3. The van der Waals surface area contributed by atoms with Crippen molar-refractivity contribution < 1.29 is 4.74 Å². The lowest BCUT2D eigenvalue weighted by molar-refractivity contribution is 0.483. The third kappa shape index (κ3) is 2.40. The van der Waals surface area contributed by atoms with Gasteiger partial charge in [0.15, 0.2) is 0 Å². The molecule has 20 heavy (non-hydrogen) atoms. The molecular weight excluding hydrogens is 272 g/mol. The average Bonchev–Trinajstić information content (AvgIpc) is 2.49. The van der Waals surface area contributed by atoms with Gasteiger partial charge in [0, 0.05) is 24.3 Å². The molecule has 0 saturated carbocycles. The van der Waals surface area contributed by atoms with Crippen molar-refractivity contribution in [2.45, 2.75) is 0 Å². The van der Waals surface area contributed by atoms with Crippen LogP contribution in [0.25, 0.3) is 10.9 Å². The summed E-state index contributed by atoms with van der Waals surface area (Å²) in [7, 11) is 1.89. The normalized spacial score (nSPS) is 10.5. The van der Waals surface area contributed by atoms with E-state index in [0.717, 1.165) is 22.3 Å². The Kier molecular flexibility index (Phi) is 3.44. The molecule has 100 valence electrons. The fourth-order valence-corrected chi connectivity index (χ4v) is 2.24. The monoisotopic (exact) mass is 284 g/mol. The highest BCUT2D eigenvalue weighted by Crippen LogP contribution is 2.32. The number of benzene rings is 2. The van der Waals surface area contributed by atoms with E-state index in [1.165, 1.54) is 0 Å². The Morgan fingerprint density at radius 1 is 1.10 bits per heavy atom. The molecule has 0 aliphatic heterocycles. The summed E-state index contributed by atoms with van der Waals surface area (Å²) < 4.78 is 5.83. The van der Waals surface area contributed by atoms with Gasteiger partial charge >= 0.3 is 0 Å². The van der Waals surface area contributed by atoms with E-state index in [9.17, 15) is 0 Å². The van der Waals surface area contributed by atoms with Gasteiger partial charge in [-0.3, -0.25) is 4.98 Å². The maximum Gasteiger partial charge on any atom is 0.146 e. The Labute approximate surface area is 122 Å². The average molecular weight is 285 g/mol. The lowest BCUT2D eigenvalue weighted by Gasteiger charge is -2.10. The van der Waals surface area contributed by atoms with Gasteiger partial charge in [-0.05, 0) is 36.4 Å². The first-order valence-electron chi connectivity index (χ1n) is 6.27. The molecule has 0 aliphatic rings. The number of anilines is 1. The molecule has 0 bridgehead atoms. The predicted octanol–water partition coefficient (Wildman–Crippen LogP) is 4.72. The topological polar surface area (TPSA) is 34.2 Å². The van der Waals surface area contributed by atoms with Gasteiger partial charge in [0.1, 0.15) is 11.5 Å². The summed E-state index contributed by atoms with van der Waals surface area (Å²) in [5.41, 5.74) is 1.93. The summed E-state index contributed by atoms with van der Waals surface area (Å²) in [6, 6.07) is 15.1. The Morgan fingerprint density at radius 2 is 1.95 bits per heavy atom. The highest BCUT2D eigenvalue weighted by molar-refractivity contribution is 6.32. The molecule has 1 heterocycles. The van der Waals surface area contributed by atoms with Crippen molar-refractivity contribution in [2.24, 2.45) is 0 Å². The number of para-hydroxylation sites is 1. The van der Waals surface area contributed by atoms with Crippen LogP contribution in [0.5, 0.6) is 11.5 Å². The second-order valence-electron chi connectivity index (χ2n) is 4.32. The van der Waals surface area contributed by atoms with Crippen molar-refractivity contribution >= 4 is 28.2 Å². The molecule has 0 radical (unpaired) electrons. The molecule has 1 N–H and O–H groups in total. The second kappa shape index (κ2) is 5.39. The molecule has 0 saturated heterocycles. The smallest absolute Gasteiger partial charge is 0.146 e. The minimum Gasteiger partial charge on any atom is -0.456 e. The number of pyridine rings is 1. The van der Waals surface area contributed by atoms with Crippen molar-refractivity contribution in [2.75, 3.05) is 12.4 Å². The highest BCUT2D eigenvalue weighted by atomic mass is 35.5. The predicted molar refractivity (Wildman–Crippen MR) is 82.8 cm³/mol. The van der Waals surface area contributed by atoms with E-state index in [1.54, 1.807) is 12.3 Å². The van der Waals surface area contributed by atoms with Crippen LogP contribution in [0.3, 0.4) is 0 Å². The Bertz CT molecular complexity index is 758. The van der Waals surface area contributed by atoms with Crippen LogP contribution >= 0.6 is 11.6 Å². The van der Waals surface area contributed by atoms with Gasteiger partial charge in [-0.2, -0.15) is 0 Å². The van der Waals surface area contributed by atoms with Gasteiger partial charge in [-0.25, -0.2) is 0 Å². The van der Waals surface area contributed by atoms with E-state index < -0.39 is 0 Å². The van der Waals surface area contributed by atoms with Crippen molar-refractivity contribution in [3.63, 3.8) is 0 Å². The molecule has 0 spiro atoms. The maximum atomic E-state index is 6.10. The number of nitrogens with zero attached hydrogens (tertiary/aromatic N) is 1. The summed E-state index contributed by atoms with van der Waals surface area (Å²) in [5.74, 6) is 1.37. The van der Waals surface area contributed by atoms with Gasteiger partial charge in [-0.1, -0.05) is 23.7 Å². The van der Waals surface area contributed by atoms with Crippen LogP contribution in [0.1, 0.15) is 0 Å². The van der Waals surface area contributed by atoms with E-state index in [-0.39, 0.29) is 0 Å². The van der Waals surface area contributed by atoms with Crippen molar-refractivity contribution in [1.29, 1.82) is 0 Å². The zero-order valence-electron chi connectivity index (χ0n) is 10.9. The van der Waals surface area contributed by atoms with Crippen LogP contribution in [0, 0.1) is 0 Å². The minimum atomic E-state index is 0.590. The Balaban J connectivity index is 2.03. The molecule has 0 unspecified atom stereocenters. The summed E-state index contributed by atoms with van der Waals surface area (Å²) in [5, 5.41) is 4.75. The molecule has 3 aromatic rings. The molecule has 3 rings (SSSR count). The van der Waals surface area contributed by atoms with Crippen molar-refractivity contribution in [3.8, 4) is 11.5 Å². The zero-order valence-corrected chi connectivity index (χ0v) is 11.7. The largest absolute Gasteiger partial charge is 0.456 e.